The van der Waals surface area contributed by atoms with E-state index in [-0.39, 0.29) is 0 Å². The van der Waals surface area contributed by atoms with Crippen LogP contribution in [-0.2, 0) is 6.16 Å². The van der Waals surface area contributed by atoms with E-state index >= 15 is 0 Å². The summed E-state index contributed by atoms with van der Waals surface area (Å²) in [7, 11) is 1.38. The molecule has 2 aromatic carbocycles. The molecule has 0 aliphatic rings. The lowest BCUT2D eigenvalue weighted by Gasteiger charge is -2.00. The van der Waals surface area contributed by atoms with Crippen LogP contribution < -0.4 is 5.30 Å². The summed E-state index contributed by atoms with van der Waals surface area (Å²) < 4.78 is 0. The standard InChI is InChI=1S/C13H12P/c1-3-7-12(8-4-1)11-14-13-9-5-2-6-10-13/h1-10H,11H2. The highest BCUT2D eigenvalue weighted by Crippen LogP contribution is 2.17. The second kappa shape index (κ2) is 4.93. The molecule has 0 fully saturated rings. The van der Waals surface area contributed by atoms with Crippen LogP contribution in [0.3, 0.4) is 0 Å². The Morgan fingerprint density at radius 1 is 0.714 bits per heavy atom. The molecule has 0 bridgehead atoms. The van der Waals surface area contributed by atoms with Gasteiger partial charge >= 0.3 is 0 Å². The number of hydrogen-bond donors (Lipinski definition) is 0. The Hall–Kier alpha value is -1.13. The smallest absolute Gasteiger partial charge is 0.000894 e. The number of rotatable bonds is 3. The molecular weight excluding hydrogens is 187 g/mol. The molecule has 69 valence electrons. The minimum absolute atomic E-state index is 1.10. The first kappa shape index (κ1) is 9.43. The van der Waals surface area contributed by atoms with E-state index in [2.05, 4.69) is 60.7 Å². The van der Waals surface area contributed by atoms with E-state index < -0.39 is 0 Å². The first-order valence-electron chi connectivity index (χ1n) is 4.71. The molecule has 0 aliphatic heterocycles. The van der Waals surface area contributed by atoms with Gasteiger partial charge in [0.05, 0.1) is 0 Å². The molecule has 0 N–H and O–H groups in total. The van der Waals surface area contributed by atoms with Crippen LogP contribution in [-0.4, -0.2) is 0 Å². The molecule has 0 saturated carbocycles. The zero-order valence-electron chi connectivity index (χ0n) is 7.93. The van der Waals surface area contributed by atoms with Gasteiger partial charge in [0.2, 0.25) is 0 Å². The summed E-state index contributed by atoms with van der Waals surface area (Å²) >= 11 is 0. The fourth-order valence-corrected chi connectivity index (χ4v) is 2.26. The first-order chi connectivity index (χ1) is 6.95. The summed E-state index contributed by atoms with van der Waals surface area (Å²) in [5.41, 5.74) is 1.40. The van der Waals surface area contributed by atoms with Crippen molar-refractivity contribution in [3.05, 3.63) is 66.2 Å². The Bertz CT molecular complexity index is 327. The average molecular weight is 199 g/mol. The molecular formula is C13H12P. The van der Waals surface area contributed by atoms with Gasteiger partial charge < -0.3 is 0 Å². The van der Waals surface area contributed by atoms with Gasteiger partial charge in [0.1, 0.15) is 0 Å². The summed E-state index contributed by atoms with van der Waals surface area (Å²) in [4.78, 5) is 0. The van der Waals surface area contributed by atoms with Crippen LogP contribution in [0.2, 0.25) is 0 Å². The molecule has 2 aromatic rings. The SMILES string of the molecule is c1ccc(C[P]c2ccccc2)cc1. The van der Waals surface area contributed by atoms with Gasteiger partial charge in [-0.2, -0.15) is 0 Å². The van der Waals surface area contributed by atoms with Gasteiger partial charge in [-0.1, -0.05) is 60.7 Å². The largest absolute Gasteiger partial charge is 0.0622 e. The van der Waals surface area contributed by atoms with Crippen molar-refractivity contribution in [2.45, 2.75) is 6.16 Å². The maximum Gasteiger partial charge on any atom is 0.000894 e. The van der Waals surface area contributed by atoms with Crippen LogP contribution >= 0.6 is 8.58 Å². The first-order valence-corrected chi connectivity index (χ1v) is 5.79. The Balaban J connectivity index is 1.96. The number of hydrogen-bond acceptors (Lipinski definition) is 0. The third-order valence-electron chi connectivity index (χ3n) is 2.04. The van der Waals surface area contributed by atoms with Gasteiger partial charge in [-0.15, -0.1) is 0 Å². The van der Waals surface area contributed by atoms with Gasteiger partial charge in [-0.05, 0) is 19.4 Å². The summed E-state index contributed by atoms with van der Waals surface area (Å²) in [6, 6.07) is 21.2. The predicted molar refractivity (Wildman–Crippen MR) is 63.1 cm³/mol. The van der Waals surface area contributed by atoms with Crippen molar-refractivity contribution < 1.29 is 0 Å². The molecule has 0 aliphatic carbocycles. The van der Waals surface area contributed by atoms with Crippen LogP contribution in [0.5, 0.6) is 0 Å². The van der Waals surface area contributed by atoms with Crippen molar-refractivity contribution in [1.82, 2.24) is 0 Å². The monoisotopic (exact) mass is 199 g/mol. The van der Waals surface area contributed by atoms with Crippen molar-refractivity contribution in [3.63, 3.8) is 0 Å². The second-order valence-corrected chi connectivity index (χ2v) is 4.29. The Labute approximate surface area is 86.8 Å². The lowest BCUT2D eigenvalue weighted by Crippen LogP contribution is -1.92. The minimum Gasteiger partial charge on any atom is -0.0622 e. The van der Waals surface area contributed by atoms with Gasteiger partial charge in [0.15, 0.2) is 0 Å². The zero-order chi connectivity index (χ0) is 9.64. The molecule has 14 heavy (non-hydrogen) atoms. The van der Waals surface area contributed by atoms with E-state index in [1.165, 1.54) is 19.4 Å². The molecule has 1 heteroatoms. The van der Waals surface area contributed by atoms with E-state index in [9.17, 15) is 0 Å². The summed E-state index contributed by atoms with van der Waals surface area (Å²) in [5.74, 6) is 0. The molecule has 1 radical (unpaired) electrons. The van der Waals surface area contributed by atoms with Crippen molar-refractivity contribution in [2.24, 2.45) is 0 Å². The third kappa shape index (κ3) is 2.68. The summed E-state index contributed by atoms with van der Waals surface area (Å²) in [6.45, 7) is 0. The normalized spacial score (nSPS) is 10.9. The highest BCUT2D eigenvalue weighted by atomic mass is 31.1. The second-order valence-electron chi connectivity index (χ2n) is 3.14. The van der Waals surface area contributed by atoms with E-state index in [0.717, 1.165) is 6.16 Å². The maximum absolute atomic E-state index is 2.18. The van der Waals surface area contributed by atoms with Gasteiger partial charge in [0.25, 0.3) is 0 Å². The maximum atomic E-state index is 2.18. The van der Waals surface area contributed by atoms with Gasteiger partial charge in [0, 0.05) is 6.16 Å². The Morgan fingerprint density at radius 3 is 1.93 bits per heavy atom. The molecule has 0 unspecified atom stereocenters. The minimum atomic E-state index is 1.10. The molecule has 0 saturated heterocycles. The van der Waals surface area contributed by atoms with Crippen molar-refractivity contribution >= 4 is 13.9 Å². The van der Waals surface area contributed by atoms with E-state index in [1.54, 1.807) is 0 Å². The average Bonchev–Trinajstić information content (AvgIpc) is 2.29. The van der Waals surface area contributed by atoms with E-state index in [1.807, 2.05) is 0 Å². The van der Waals surface area contributed by atoms with Crippen LogP contribution in [0.4, 0.5) is 0 Å². The van der Waals surface area contributed by atoms with Crippen molar-refractivity contribution in [1.29, 1.82) is 0 Å². The zero-order valence-corrected chi connectivity index (χ0v) is 8.82. The summed E-state index contributed by atoms with van der Waals surface area (Å²) in [6.07, 6.45) is 1.10. The fraction of sp³-hybridized carbons (Fsp3) is 0.0769. The van der Waals surface area contributed by atoms with Crippen molar-refractivity contribution in [3.8, 4) is 0 Å². The molecule has 0 amide bonds. The predicted octanol–water partition coefficient (Wildman–Crippen LogP) is 3.46. The highest BCUT2D eigenvalue weighted by molar-refractivity contribution is 7.46. The molecule has 0 spiro atoms. The quantitative estimate of drug-likeness (QED) is 0.664. The van der Waals surface area contributed by atoms with Crippen molar-refractivity contribution in [2.75, 3.05) is 0 Å². The molecule has 0 aromatic heterocycles. The fourth-order valence-electron chi connectivity index (χ4n) is 1.30. The lowest BCUT2D eigenvalue weighted by molar-refractivity contribution is 1.41. The Morgan fingerprint density at radius 2 is 1.29 bits per heavy atom. The Kier molecular flexibility index (Phi) is 3.32. The van der Waals surface area contributed by atoms with Gasteiger partial charge in [-0.3, -0.25) is 0 Å². The van der Waals surface area contributed by atoms with Gasteiger partial charge in [-0.25, -0.2) is 0 Å². The third-order valence-corrected chi connectivity index (χ3v) is 3.23. The van der Waals surface area contributed by atoms with Crippen LogP contribution in [0.25, 0.3) is 0 Å². The molecule has 0 nitrogen and oxygen atoms in total. The van der Waals surface area contributed by atoms with E-state index in [4.69, 9.17) is 0 Å². The molecule has 2 rings (SSSR count). The molecule has 0 heterocycles. The topological polar surface area (TPSA) is 0 Å². The summed E-state index contributed by atoms with van der Waals surface area (Å²) in [5, 5.41) is 1.39. The molecule has 0 atom stereocenters. The number of benzene rings is 2. The van der Waals surface area contributed by atoms with Crippen LogP contribution in [0.1, 0.15) is 5.56 Å². The lowest BCUT2D eigenvalue weighted by atomic mass is 10.2. The van der Waals surface area contributed by atoms with Crippen LogP contribution in [0.15, 0.2) is 60.7 Å². The van der Waals surface area contributed by atoms with E-state index in [0.29, 0.717) is 0 Å². The highest BCUT2D eigenvalue weighted by Gasteiger charge is 1.94. The van der Waals surface area contributed by atoms with Crippen LogP contribution in [0, 0.1) is 0 Å².